The van der Waals surface area contributed by atoms with Gasteiger partial charge in [-0.2, -0.15) is 13.2 Å². The maximum absolute atomic E-state index is 13.1. The van der Waals surface area contributed by atoms with Gasteiger partial charge in [0.05, 0.1) is 5.56 Å². The van der Waals surface area contributed by atoms with Crippen molar-refractivity contribution in [2.75, 3.05) is 14.1 Å². The minimum Gasteiger partial charge on any atom is -0.348 e. The van der Waals surface area contributed by atoms with Gasteiger partial charge in [0.2, 0.25) is 5.91 Å². The van der Waals surface area contributed by atoms with Gasteiger partial charge in [0.15, 0.2) is 0 Å². The molecule has 0 aromatic heterocycles. The molecule has 0 heterocycles. The Morgan fingerprint density at radius 2 is 1.61 bits per heavy atom. The van der Waals surface area contributed by atoms with E-state index in [-0.39, 0.29) is 36.0 Å². The molecule has 2 aromatic carbocycles. The molecular weight excluding hydrogens is 425 g/mol. The quantitative estimate of drug-likeness (QED) is 0.590. The molecule has 1 fully saturated rings. The van der Waals surface area contributed by atoms with Crippen molar-refractivity contribution in [3.63, 3.8) is 0 Å². The molecule has 0 spiro atoms. The number of halogens is 4. The van der Waals surface area contributed by atoms with Crippen molar-refractivity contribution in [1.29, 1.82) is 0 Å². The number of alkyl halides is 3. The Balaban J connectivity index is 0.00000341. The van der Waals surface area contributed by atoms with Crippen molar-refractivity contribution in [2.24, 2.45) is 0 Å². The van der Waals surface area contributed by atoms with Crippen LogP contribution in [-0.2, 0) is 23.1 Å². The van der Waals surface area contributed by atoms with Gasteiger partial charge in [-0.15, -0.1) is 12.4 Å². The fraction of sp³-hybridized carbons (Fsp3) is 0.375. The van der Waals surface area contributed by atoms with Crippen LogP contribution < -0.4 is 5.32 Å². The van der Waals surface area contributed by atoms with Crippen LogP contribution in [0.3, 0.4) is 0 Å². The van der Waals surface area contributed by atoms with E-state index in [1.165, 1.54) is 17.7 Å². The summed E-state index contributed by atoms with van der Waals surface area (Å²) in [5.74, 6) is -0.348. The van der Waals surface area contributed by atoms with E-state index in [2.05, 4.69) is 36.4 Å². The molecular formula is C24H28ClF3N2O. The van der Waals surface area contributed by atoms with Crippen LogP contribution in [0.4, 0.5) is 13.2 Å². The van der Waals surface area contributed by atoms with Gasteiger partial charge in [-0.25, -0.2) is 0 Å². The summed E-state index contributed by atoms with van der Waals surface area (Å²) in [7, 11) is 4.15. The van der Waals surface area contributed by atoms with E-state index >= 15 is 0 Å². The predicted molar refractivity (Wildman–Crippen MR) is 119 cm³/mol. The lowest BCUT2D eigenvalue weighted by atomic mass is 9.74. The lowest BCUT2D eigenvalue weighted by Crippen LogP contribution is -2.43. The summed E-state index contributed by atoms with van der Waals surface area (Å²) in [6.45, 7) is -0.149. The molecule has 0 aliphatic heterocycles. The topological polar surface area (TPSA) is 32.3 Å². The third-order valence-electron chi connectivity index (χ3n) is 6.00. The van der Waals surface area contributed by atoms with Crippen LogP contribution in [0.5, 0.6) is 0 Å². The first-order valence-corrected chi connectivity index (χ1v) is 10.1. The number of allylic oxidation sites excluding steroid dienone is 1. The molecule has 31 heavy (non-hydrogen) atoms. The molecule has 1 aliphatic carbocycles. The van der Waals surface area contributed by atoms with Gasteiger partial charge < -0.3 is 5.32 Å². The van der Waals surface area contributed by atoms with E-state index in [9.17, 15) is 18.0 Å². The van der Waals surface area contributed by atoms with Crippen molar-refractivity contribution in [2.45, 2.75) is 43.9 Å². The maximum atomic E-state index is 13.1. The van der Waals surface area contributed by atoms with E-state index in [0.29, 0.717) is 0 Å². The number of hydrogen-bond donors (Lipinski definition) is 1. The second-order valence-corrected chi connectivity index (χ2v) is 7.97. The van der Waals surface area contributed by atoms with Gasteiger partial charge in [-0.3, -0.25) is 9.69 Å². The highest BCUT2D eigenvalue weighted by atomic mass is 35.5. The molecule has 7 heteroatoms. The molecule has 2 aromatic rings. The average Bonchev–Trinajstić information content (AvgIpc) is 2.73. The molecule has 3 nitrogen and oxygen atoms in total. The van der Waals surface area contributed by atoms with Crippen LogP contribution in [-0.4, -0.2) is 24.9 Å². The Labute approximate surface area is 187 Å². The summed E-state index contributed by atoms with van der Waals surface area (Å²) >= 11 is 0. The Bertz CT molecular complexity index is 901. The summed E-state index contributed by atoms with van der Waals surface area (Å²) in [5.41, 5.74) is 1.58. The first kappa shape index (κ1) is 25.0. The highest BCUT2D eigenvalue weighted by Gasteiger charge is 2.37. The standard InChI is InChI=1S/C24H27F3N2O.ClH/c1-29(2)23(20-9-4-3-5-10-20)14-12-18(13-15-23)16-22(30)28-17-19-8-6-7-11-21(19)24(25,26)27;/h3-11,16H,12-15,17H2,1-2H3,(H,28,30);1H. The molecule has 1 aliphatic rings. The lowest BCUT2D eigenvalue weighted by molar-refractivity contribution is -0.138. The lowest BCUT2D eigenvalue weighted by Gasteiger charge is -2.44. The Morgan fingerprint density at radius 1 is 1.03 bits per heavy atom. The fourth-order valence-electron chi connectivity index (χ4n) is 4.24. The fourth-order valence-corrected chi connectivity index (χ4v) is 4.24. The van der Waals surface area contributed by atoms with Crippen molar-refractivity contribution in [3.8, 4) is 0 Å². The summed E-state index contributed by atoms with van der Waals surface area (Å²) < 4.78 is 39.3. The predicted octanol–water partition coefficient (Wildman–Crippen LogP) is 5.70. The number of nitrogens with zero attached hydrogens (tertiary/aromatic N) is 1. The van der Waals surface area contributed by atoms with E-state index < -0.39 is 11.7 Å². The minimum absolute atomic E-state index is 0. The maximum Gasteiger partial charge on any atom is 0.416 e. The molecule has 168 valence electrons. The van der Waals surface area contributed by atoms with Gasteiger partial charge in [0, 0.05) is 18.2 Å². The van der Waals surface area contributed by atoms with Gasteiger partial charge >= 0.3 is 6.18 Å². The SMILES string of the molecule is CN(C)C1(c2ccccc2)CCC(=CC(=O)NCc2ccccc2C(F)(F)F)CC1.Cl. The summed E-state index contributed by atoms with van der Waals surface area (Å²) in [6, 6.07) is 15.7. The zero-order valence-electron chi connectivity index (χ0n) is 17.7. The third-order valence-corrected chi connectivity index (χ3v) is 6.00. The number of hydrogen-bond acceptors (Lipinski definition) is 2. The molecule has 1 N–H and O–H groups in total. The van der Waals surface area contributed by atoms with Gasteiger partial charge in [-0.1, -0.05) is 54.1 Å². The van der Waals surface area contributed by atoms with E-state index in [1.54, 1.807) is 12.1 Å². The van der Waals surface area contributed by atoms with Crippen LogP contribution in [0, 0.1) is 0 Å². The minimum atomic E-state index is -4.43. The van der Waals surface area contributed by atoms with Crippen LogP contribution in [0.25, 0.3) is 0 Å². The number of rotatable bonds is 5. The van der Waals surface area contributed by atoms with Gasteiger partial charge in [0.1, 0.15) is 0 Å². The van der Waals surface area contributed by atoms with Crippen molar-refractivity contribution >= 4 is 18.3 Å². The van der Waals surface area contributed by atoms with E-state index in [4.69, 9.17) is 0 Å². The van der Waals surface area contributed by atoms with Crippen LogP contribution >= 0.6 is 12.4 Å². The molecule has 0 saturated heterocycles. The van der Waals surface area contributed by atoms with Gasteiger partial charge in [0.25, 0.3) is 0 Å². The van der Waals surface area contributed by atoms with Crippen LogP contribution in [0.1, 0.15) is 42.4 Å². The van der Waals surface area contributed by atoms with Crippen molar-refractivity contribution in [1.82, 2.24) is 10.2 Å². The highest BCUT2D eigenvalue weighted by Crippen LogP contribution is 2.42. The Kier molecular flexibility index (Phi) is 8.32. The molecule has 0 unspecified atom stereocenters. The van der Waals surface area contributed by atoms with Gasteiger partial charge in [-0.05, 0) is 57.0 Å². The molecule has 0 bridgehead atoms. The molecule has 1 saturated carbocycles. The average molecular weight is 453 g/mol. The van der Waals surface area contributed by atoms with Crippen LogP contribution in [0.2, 0.25) is 0 Å². The molecule has 1 amide bonds. The molecule has 0 atom stereocenters. The number of nitrogens with one attached hydrogen (secondary N) is 1. The number of carbonyl (C=O) groups excluding carboxylic acids is 1. The van der Waals surface area contributed by atoms with Crippen molar-refractivity contribution < 1.29 is 18.0 Å². The highest BCUT2D eigenvalue weighted by molar-refractivity contribution is 5.88. The van der Waals surface area contributed by atoms with Crippen molar-refractivity contribution in [3.05, 3.63) is 82.9 Å². The molecule has 3 rings (SSSR count). The smallest absolute Gasteiger partial charge is 0.348 e. The number of benzene rings is 2. The second kappa shape index (κ2) is 10.3. The van der Waals surface area contributed by atoms with E-state index in [1.807, 2.05) is 18.2 Å². The van der Waals surface area contributed by atoms with Crippen LogP contribution in [0.15, 0.2) is 66.2 Å². The first-order chi connectivity index (χ1) is 14.2. The Hall–Kier alpha value is -2.31. The summed E-state index contributed by atoms with van der Waals surface area (Å²) in [4.78, 5) is 14.6. The Morgan fingerprint density at radius 3 is 2.19 bits per heavy atom. The zero-order chi connectivity index (χ0) is 21.8. The first-order valence-electron chi connectivity index (χ1n) is 10.1. The number of carbonyl (C=O) groups is 1. The largest absolute Gasteiger partial charge is 0.416 e. The third kappa shape index (κ3) is 5.89. The zero-order valence-corrected chi connectivity index (χ0v) is 18.5. The second-order valence-electron chi connectivity index (χ2n) is 7.97. The molecule has 0 radical (unpaired) electrons. The monoisotopic (exact) mass is 452 g/mol. The summed E-state index contributed by atoms with van der Waals surface area (Å²) in [5, 5.41) is 2.61. The van der Waals surface area contributed by atoms with E-state index in [0.717, 1.165) is 37.3 Å². The number of amides is 1. The summed E-state index contributed by atoms with van der Waals surface area (Å²) in [6.07, 6.45) is 0.455. The normalized spacial score (nSPS) is 19.0.